The molecule has 9 heteroatoms. The number of aliphatic hydroxyl groups excluding tert-OH is 1. The first-order valence-electron chi connectivity index (χ1n) is 12.1. The fraction of sp³-hybridized carbons (Fsp3) is 0.440. The number of imidazole rings is 1. The van der Waals surface area contributed by atoms with Gasteiger partial charge in [-0.3, -0.25) is 9.48 Å². The number of ether oxygens (including phenoxy) is 1. The molecule has 0 atom stereocenters. The van der Waals surface area contributed by atoms with E-state index in [4.69, 9.17) is 9.84 Å². The highest BCUT2D eigenvalue weighted by molar-refractivity contribution is 6.08. The highest BCUT2D eigenvalue weighted by Crippen LogP contribution is 2.36. The molecule has 2 aliphatic carbocycles. The lowest BCUT2D eigenvalue weighted by Gasteiger charge is -2.28. The van der Waals surface area contributed by atoms with Gasteiger partial charge in [-0.15, -0.1) is 0 Å². The summed E-state index contributed by atoms with van der Waals surface area (Å²) in [6, 6.07) is 7.75. The molecule has 0 radical (unpaired) electrons. The number of nitrogens with one attached hydrogen (secondary N) is 1. The van der Waals surface area contributed by atoms with E-state index < -0.39 is 0 Å². The zero-order valence-corrected chi connectivity index (χ0v) is 18.9. The van der Waals surface area contributed by atoms with E-state index in [9.17, 15) is 9.90 Å². The molecule has 1 aromatic carbocycles. The number of benzene rings is 1. The molecule has 2 fully saturated rings. The van der Waals surface area contributed by atoms with Gasteiger partial charge in [0.25, 0.3) is 5.91 Å². The van der Waals surface area contributed by atoms with E-state index in [1.165, 1.54) is 0 Å². The third-order valence-corrected chi connectivity index (χ3v) is 6.93. The van der Waals surface area contributed by atoms with Crippen molar-refractivity contribution in [3.05, 3.63) is 48.4 Å². The topological polar surface area (TPSA) is 107 Å². The average molecular weight is 461 g/mol. The van der Waals surface area contributed by atoms with Crippen LogP contribution in [0.3, 0.4) is 0 Å². The van der Waals surface area contributed by atoms with Gasteiger partial charge in [0, 0.05) is 30.5 Å². The van der Waals surface area contributed by atoms with E-state index in [1.807, 2.05) is 24.4 Å². The van der Waals surface area contributed by atoms with Crippen molar-refractivity contribution < 1.29 is 14.6 Å². The van der Waals surface area contributed by atoms with Crippen LogP contribution in [0.5, 0.6) is 5.75 Å². The first-order chi connectivity index (χ1) is 16.7. The molecule has 2 N–H and O–H groups in total. The Morgan fingerprint density at radius 3 is 2.82 bits per heavy atom. The maximum Gasteiger partial charge on any atom is 0.260 e. The standard InChI is InChI=1S/C25H28N6O3/c32-11-9-16-3-5-18(6-4-16)30-15-17-12-20(22(13-21(17)29-30)34-19-7-8-19)25(33)28-24-14-26-23-2-1-10-27-31(23)24/h1-2,10,12-16,18-19,32H,3-9,11H2,(H,28,33). The fourth-order valence-corrected chi connectivity index (χ4v) is 4.88. The van der Waals surface area contributed by atoms with E-state index in [-0.39, 0.29) is 18.6 Å². The number of hydrogen-bond acceptors (Lipinski definition) is 6. The normalized spacial score (nSPS) is 20.6. The number of carbonyl (C=O) groups excluding carboxylic acids is 1. The molecular weight excluding hydrogens is 432 g/mol. The fourth-order valence-electron chi connectivity index (χ4n) is 4.88. The number of amides is 1. The van der Waals surface area contributed by atoms with Crippen LogP contribution in [-0.2, 0) is 0 Å². The van der Waals surface area contributed by atoms with Crippen molar-refractivity contribution in [2.24, 2.45) is 5.92 Å². The lowest BCUT2D eigenvalue weighted by Crippen LogP contribution is -2.19. The first kappa shape index (κ1) is 21.1. The predicted octanol–water partition coefficient (Wildman–Crippen LogP) is 3.99. The molecule has 4 aromatic rings. The second-order valence-electron chi connectivity index (χ2n) is 9.41. The van der Waals surface area contributed by atoms with E-state index >= 15 is 0 Å². The van der Waals surface area contributed by atoms with Crippen LogP contribution >= 0.6 is 0 Å². The Balaban J connectivity index is 1.29. The van der Waals surface area contributed by atoms with Gasteiger partial charge >= 0.3 is 0 Å². The smallest absolute Gasteiger partial charge is 0.260 e. The SMILES string of the molecule is O=C(Nc1cnc2cccnn12)c1cc2cn(C3CCC(CCO)CC3)nc2cc1OC1CC1. The van der Waals surface area contributed by atoms with Crippen molar-refractivity contribution in [2.75, 3.05) is 11.9 Å². The summed E-state index contributed by atoms with van der Waals surface area (Å²) in [5.41, 5.74) is 1.98. The van der Waals surface area contributed by atoms with Crippen molar-refractivity contribution in [1.29, 1.82) is 0 Å². The van der Waals surface area contributed by atoms with Crippen LogP contribution in [0, 0.1) is 5.92 Å². The summed E-state index contributed by atoms with van der Waals surface area (Å²) in [4.78, 5) is 17.6. The van der Waals surface area contributed by atoms with Crippen LogP contribution in [-0.4, -0.2) is 48.1 Å². The molecule has 0 saturated heterocycles. The Labute approximate surface area is 196 Å². The zero-order chi connectivity index (χ0) is 23.1. The Morgan fingerprint density at radius 2 is 2.03 bits per heavy atom. The van der Waals surface area contributed by atoms with Crippen molar-refractivity contribution in [3.63, 3.8) is 0 Å². The molecule has 0 bridgehead atoms. The molecule has 3 heterocycles. The molecule has 0 aliphatic heterocycles. The van der Waals surface area contributed by atoms with Crippen LogP contribution in [0.1, 0.15) is 61.3 Å². The van der Waals surface area contributed by atoms with Gasteiger partial charge in [-0.1, -0.05) is 0 Å². The summed E-state index contributed by atoms with van der Waals surface area (Å²) < 4.78 is 9.77. The van der Waals surface area contributed by atoms with Crippen molar-refractivity contribution >= 4 is 28.3 Å². The summed E-state index contributed by atoms with van der Waals surface area (Å²) in [5.74, 6) is 1.41. The molecule has 1 amide bonds. The number of nitrogens with zero attached hydrogens (tertiary/aromatic N) is 5. The number of fused-ring (bicyclic) bond motifs is 2. The maximum absolute atomic E-state index is 13.3. The van der Waals surface area contributed by atoms with Crippen LogP contribution in [0.2, 0.25) is 0 Å². The summed E-state index contributed by atoms with van der Waals surface area (Å²) in [6.07, 6.45) is 12.7. The number of aromatic nitrogens is 5. The number of aliphatic hydroxyl groups is 1. The van der Waals surface area contributed by atoms with Gasteiger partial charge in [0.15, 0.2) is 11.5 Å². The van der Waals surface area contributed by atoms with Crippen LogP contribution in [0.4, 0.5) is 5.82 Å². The van der Waals surface area contributed by atoms with Gasteiger partial charge in [-0.05, 0) is 69.1 Å². The van der Waals surface area contributed by atoms with Gasteiger partial charge in [0.05, 0.1) is 29.4 Å². The summed E-state index contributed by atoms with van der Waals surface area (Å²) in [6.45, 7) is 0.265. The highest BCUT2D eigenvalue weighted by Gasteiger charge is 2.28. The molecular formula is C25H28N6O3. The maximum atomic E-state index is 13.3. The average Bonchev–Trinajstić information content (AvgIpc) is 3.43. The summed E-state index contributed by atoms with van der Waals surface area (Å²) in [5, 5.41) is 22.2. The van der Waals surface area contributed by atoms with E-state index in [0.29, 0.717) is 34.7 Å². The predicted molar refractivity (Wildman–Crippen MR) is 127 cm³/mol. The summed E-state index contributed by atoms with van der Waals surface area (Å²) >= 11 is 0. The van der Waals surface area contributed by atoms with Crippen molar-refractivity contribution in [3.8, 4) is 5.75 Å². The largest absolute Gasteiger partial charge is 0.490 e. The van der Waals surface area contributed by atoms with Crippen LogP contribution in [0.15, 0.2) is 42.9 Å². The molecule has 2 aliphatic rings. The van der Waals surface area contributed by atoms with Crippen LogP contribution in [0.25, 0.3) is 16.6 Å². The molecule has 34 heavy (non-hydrogen) atoms. The second kappa shape index (κ2) is 8.72. The number of rotatable bonds is 7. The Hall–Kier alpha value is -3.46. The Morgan fingerprint density at radius 1 is 1.18 bits per heavy atom. The molecule has 3 aromatic heterocycles. The van der Waals surface area contributed by atoms with Crippen molar-refractivity contribution in [2.45, 2.75) is 57.1 Å². The molecule has 176 valence electrons. The third-order valence-electron chi connectivity index (χ3n) is 6.93. The highest BCUT2D eigenvalue weighted by atomic mass is 16.5. The van der Waals surface area contributed by atoms with Crippen molar-refractivity contribution in [1.82, 2.24) is 24.4 Å². The molecule has 0 unspecified atom stereocenters. The number of carbonyl (C=O) groups is 1. The minimum Gasteiger partial charge on any atom is -0.490 e. The summed E-state index contributed by atoms with van der Waals surface area (Å²) in [7, 11) is 0. The molecule has 6 rings (SSSR count). The Kier molecular flexibility index (Phi) is 5.41. The lowest BCUT2D eigenvalue weighted by molar-refractivity contribution is 0.102. The minimum atomic E-state index is -0.262. The lowest BCUT2D eigenvalue weighted by atomic mass is 9.84. The Bertz CT molecular complexity index is 1330. The van der Waals surface area contributed by atoms with Gasteiger partial charge in [0.1, 0.15) is 5.75 Å². The molecule has 0 spiro atoms. The van der Waals surface area contributed by atoms with Gasteiger partial charge in [0.2, 0.25) is 0 Å². The monoisotopic (exact) mass is 460 g/mol. The quantitative estimate of drug-likeness (QED) is 0.432. The molecule has 9 nitrogen and oxygen atoms in total. The van der Waals surface area contributed by atoms with Gasteiger partial charge in [-0.25, -0.2) is 4.98 Å². The van der Waals surface area contributed by atoms with Crippen LogP contribution < -0.4 is 10.1 Å². The second-order valence-corrected chi connectivity index (χ2v) is 9.41. The minimum absolute atomic E-state index is 0.158. The zero-order valence-electron chi connectivity index (χ0n) is 18.9. The van der Waals surface area contributed by atoms with E-state index in [1.54, 1.807) is 23.0 Å². The van der Waals surface area contributed by atoms with E-state index in [0.717, 1.165) is 55.8 Å². The van der Waals surface area contributed by atoms with Gasteiger partial charge in [-0.2, -0.15) is 14.7 Å². The first-order valence-corrected chi connectivity index (χ1v) is 12.1. The number of hydrogen-bond donors (Lipinski definition) is 2. The third kappa shape index (κ3) is 4.11. The van der Waals surface area contributed by atoms with Gasteiger partial charge < -0.3 is 15.2 Å². The number of anilines is 1. The molecule has 2 saturated carbocycles. The van der Waals surface area contributed by atoms with E-state index in [2.05, 4.69) is 20.1 Å².